The Morgan fingerprint density at radius 2 is 1.84 bits per heavy atom. The van der Waals surface area contributed by atoms with Crippen LogP contribution in [0.15, 0.2) is 34.7 Å². The third-order valence-corrected chi connectivity index (χ3v) is 2.74. The highest BCUT2D eigenvalue weighted by molar-refractivity contribution is 6.31. The summed E-state index contributed by atoms with van der Waals surface area (Å²) >= 11 is 11.2. The van der Waals surface area contributed by atoms with Crippen LogP contribution in [-0.2, 0) is 12.7 Å². The van der Waals surface area contributed by atoms with Gasteiger partial charge in [0.05, 0.1) is 12.1 Å². The Morgan fingerprint density at radius 3 is 2.42 bits per heavy atom. The Labute approximate surface area is 117 Å². The molecule has 0 unspecified atom stereocenters. The lowest BCUT2D eigenvalue weighted by Crippen LogP contribution is -2.06. The van der Waals surface area contributed by atoms with Crippen LogP contribution in [0.2, 0.25) is 10.2 Å². The van der Waals surface area contributed by atoms with Crippen LogP contribution in [0, 0.1) is 0 Å². The molecule has 7 heteroatoms. The van der Waals surface area contributed by atoms with Gasteiger partial charge in [-0.1, -0.05) is 11.6 Å². The average Bonchev–Trinajstić information content (AvgIpc) is 2.71. The summed E-state index contributed by atoms with van der Waals surface area (Å²) in [6.45, 7) is 0.213. The fourth-order valence-electron chi connectivity index (χ4n) is 1.49. The molecule has 1 N–H and O–H groups in total. The van der Waals surface area contributed by atoms with Crippen molar-refractivity contribution < 1.29 is 17.6 Å². The standard InChI is InChI=1S/C12H8Cl2F3NO/c13-8-3-7(12(15,16)17)4-9(5-8)18-6-10-1-2-11(14)19-10/h1-5,18H,6H2. The van der Waals surface area contributed by atoms with Gasteiger partial charge in [0.15, 0.2) is 5.22 Å². The van der Waals surface area contributed by atoms with Crippen LogP contribution in [0.4, 0.5) is 18.9 Å². The topological polar surface area (TPSA) is 25.2 Å². The van der Waals surface area contributed by atoms with Crippen molar-refractivity contribution in [3.05, 3.63) is 51.9 Å². The van der Waals surface area contributed by atoms with Gasteiger partial charge >= 0.3 is 6.18 Å². The summed E-state index contributed by atoms with van der Waals surface area (Å²) < 4.78 is 42.9. The van der Waals surface area contributed by atoms with Crippen LogP contribution in [0.25, 0.3) is 0 Å². The van der Waals surface area contributed by atoms with Gasteiger partial charge in [0, 0.05) is 10.7 Å². The predicted octanol–water partition coefficient (Wildman–Crippen LogP) is 5.22. The number of anilines is 1. The molecule has 1 aromatic heterocycles. The lowest BCUT2D eigenvalue weighted by molar-refractivity contribution is -0.137. The molecule has 0 aliphatic carbocycles. The Hall–Kier alpha value is -1.33. The number of nitrogens with one attached hydrogen (secondary N) is 1. The van der Waals surface area contributed by atoms with Crippen LogP contribution < -0.4 is 5.32 Å². The molecule has 2 nitrogen and oxygen atoms in total. The second kappa shape index (κ2) is 5.35. The third-order valence-electron chi connectivity index (χ3n) is 2.32. The van der Waals surface area contributed by atoms with Gasteiger partial charge in [-0.2, -0.15) is 13.2 Å². The molecule has 1 heterocycles. The number of hydrogen-bond donors (Lipinski definition) is 1. The SMILES string of the molecule is FC(F)(F)c1cc(Cl)cc(NCc2ccc(Cl)o2)c1. The predicted molar refractivity (Wildman–Crippen MR) is 67.5 cm³/mol. The zero-order valence-corrected chi connectivity index (χ0v) is 10.9. The second-order valence-electron chi connectivity index (χ2n) is 3.79. The van der Waals surface area contributed by atoms with Gasteiger partial charge in [-0.3, -0.25) is 0 Å². The van der Waals surface area contributed by atoms with E-state index in [2.05, 4.69) is 5.32 Å². The maximum Gasteiger partial charge on any atom is 0.416 e. The maximum absolute atomic E-state index is 12.6. The Bertz CT molecular complexity index is 581. The Morgan fingerprint density at radius 1 is 1.11 bits per heavy atom. The number of halogens is 5. The molecule has 0 aliphatic heterocycles. The molecule has 0 bridgehead atoms. The highest BCUT2D eigenvalue weighted by Gasteiger charge is 2.31. The van der Waals surface area contributed by atoms with E-state index >= 15 is 0 Å². The monoisotopic (exact) mass is 309 g/mol. The molecule has 2 aromatic rings. The van der Waals surface area contributed by atoms with Crippen LogP contribution in [0.3, 0.4) is 0 Å². The van der Waals surface area contributed by atoms with E-state index in [4.69, 9.17) is 27.6 Å². The van der Waals surface area contributed by atoms with Crippen molar-refractivity contribution in [2.75, 3.05) is 5.32 Å². The van der Waals surface area contributed by atoms with E-state index in [0.717, 1.165) is 12.1 Å². The summed E-state index contributed by atoms with van der Waals surface area (Å²) in [6, 6.07) is 6.44. The average molecular weight is 310 g/mol. The summed E-state index contributed by atoms with van der Waals surface area (Å²) in [5.74, 6) is 0.513. The fourth-order valence-corrected chi connectivity index (χ4v) is 1.89. The van der Waals surface area contributed by atoms with Crippen molar-refractivity contribution in [1.29, 1.82) is 0 Å². The van der Waals surface area contributed by atoms with Gasteiger partial charge < -0.3 is 9.73 Å². The van der Waals surface area contributed by atoms with Gasteiger partial charge in [-0.15, -0.1) is 0 Å². The number of furan rings is 1. The van der Waals surface area contributed by atoms with Crippen LogP contribution >= 0.6 is 23.2 Å². The molecule has 0 saturated carbocycles. The number of hydrogen-bond acceptors (Lipinski definition) is 2. The molecule has 2 rings (SSSR count). The van der Waals surface area contributed by atoms with E-state index < -0.39 is 11.7 Å². The summed E-state index contributed by atoms with van der Waals surface area (Å²) in [4.78, 5) is 0. The van der Waals surface area contributed by atoms with Gasteiger partial charge in [0.25, 0.3) is 0 Å². The molecule has 0 aliphatic rings. The normalized spacial score (nSPS) is 11.6. The minimum Gasteiger partial charge on any atom is -0.448 e. The number of alkyl halides is 3. The third kappa shape index (κ3) is 3.81. The molecule has 0 spiro atoms. The highest BCUT2D eigenvalue weighted by Crippen LogP contribution is 2.33. The summed E-state index contributed by atoms with van der Waals surface area (Å²) in [7, 11) is 0. The van der Waals surface area contributed by atoms with E-state index in [1.807, 2.05) is 0 Å². The minimum absolute atomic E-state index is 0.00908. The van der Waals surface area contributed by atoms with E-state index in [1.165, 1.54) is 6.07 Å². The summed E-state index contributed by atoms with van der Waals surface area (Å²) in [5.41, 5.74) is -0.549. The van der Waals surface area contributed by atoms with Crippen molar-refractivity contribution in [2.24, 2.45) is 0 Å². The lowest BCUT2D eigenvalue weighted by Gasteiger charge is -2.11. The molecule has 19 heavy (non-hydrogen) atoms. The fraction of sp³-hybridized carbons (Fsp3) is 0.167. The van der Waals surface area contributed by atoms with Crippen molar-refractivity contribution in [1.82, 2.24) is 0 Å². The lowest BCUT2D eigenvalue weighted by atomic mass is 10.2. The maximum atomic E-state index is 12.6. The summed E-state index contributed by atoms with van der Waals surface area (Å²) in [6.07, 6.45) is -4.44. The first-order chi connectivity index (χ1) is 8.84. The first-order valence-corrected chi connectivity index (χ1v) is 5.96. The number of benzene rings is 1. The summed E-state index contributed by atoms with van der Waals surface area (Å²) in [5, 5.41) is 3.02. The van der Waals surface area contributed by atoms with Crippen LogP contribution in [-0.4, -0.2) is 0 Å². The quantitative estimate of drug-likeness (QED) is 0.841. The first kappa shape index (κ1) is 14.1. The van der Waals surface area contributed by atoms with Crippen molar-refractivity contribution >= 4 is 28.9 Å². The van der Waals surface area contributed by atoms with Gasteiger partial charge in [-0.25, -0.2) is 0 Å². The van der Waals surface area contributed by atoms with Crippen molar-refractivity contribution in [3.8, 4) is 0 Å². The highest BCUT2D eigenvalue weighted by atomic mass is 35.5. The molecular formula is C12H8Cl2F3NO. The van der Waals surface area contributed by atoms with Crippen LogP contribution in [0.1, 0.15) is 11.3 Å². The van der Waals surface area contributed by atoms with Gasteiger partial charge in [-0.05, 0) is 41.9 Å². The Balaban J connectivity index is 2.14. The molecule has 0 saturated heterocycles. The van der Waals surface area contributed by atoms with E-state index in [1.54, 1.807) is 12.1 Å². The van der Waals surface area contributed by atoms with E-state index in [9.17, 15) is 13.2 Å². The zero-order chi connectivity index (χ0) is 14.0. The Kier molecular flexibility index (Phi) is 3.96. The molecule has 0 fully saturated rings. The number of rotatable bonds is 3. The molecule has 0 atom stereocenters. The van der Waals surface area contributed by atoms with Crippen molar-refractivity contribution in [3.63, 3.8) is 0 Å². The molecule has 0 amide bonds. The van der Waals surface area contributed by atoms with Gasteiger partial charge in [0.2, 0.25) is 0 Å². The molecule has 0 radical (unpaired) electrons. The van der Waals surface area contributed by atoms with Gasteiger partial charge in [0.1, 0.15) is 5.76 Å². The molecule has 102 valence electrons. The second-order valence-corrected chi connectivity index (χ2v) is 4.59. The zero-order valence-electron chi connectivity index (χ0n) is 9.39. The smallest absolute Gasteiger partial charge is 0.416 e. The van der Waals surface area contributed by atoms with Crippen molar-refractivity contribution in [2.45, 2.75) is 12.7 Å². The van der Waals surface area contributed by atoms with E-state index in [-0.39, 0.29) is 22.5 Å². The largest absolute Gasteiger partial charge is 0.448 e. The van der Waals surface area contributed by atoms with Crippen LogP contribution in [0.5, 0.6) is 0 Å². The van der Waals surface area contributed by atoms with E-state index in [0.29, 0.717) is 5.76 Å². The molecule has 1 aromatic carbocycles. The molecular weight excluding hydrogens is 302 g/mol. The first-order valence-electron chi connectivity index (χ1n) is 5.20. The minimum atomic E-state index is -4.44.